The van der Waals surface area contributed by atoms with Gasteiger partial charge in [0.15, 0.2) is 5.65 Å². The van der Waals surface area contributed by atoms with Gasteiger partial charge in [-0.05, 0) is 43.9 Å². The van der Waals surface area contributed by atoms with Crippen molar-refractivity contribution in [2.45, 2.75) is 33.1 Å². The summed E-state index contributed by atoms with van der Waals surface area (Å²) in [6, 6.07) is 4.56. The van der Waals surface area contributed by atoms with Gasteiger partial charge in [-0.1, -0.05) is 6.92 Å². The lowest BCUT2D eigenvalue weighted by Gasteiger charge is -2.39. The quantitative estimate of drug-likeness (QED) is 0.704. The molecule has 31 heavy (non-hydrogen) atoms. The molecule has 2 fully saturated rings. The minimum absolute atomic E-state index is 0.501. The maximum atomic E-state index is 4.99. The molecule has 2 atom stereocenters. The molecule has 0 saturated carbocycles. The largest absolute Gasteiger partial charge is 0.371 e. The van der Waals surface area contributed by atoms with Crippen molar-refractivity contribution >= 4 is 22.4 Å². The van der Waals surface area contributed by atoms with E-state index in [2.05, 4.69) is 64.3 Å². The van der Waals surface area contributed by atoms with Crippen molar-refractivity contribution in [3.8, 4) is 0 Å². The van der Waals surface area contributed by atoms with E-state index in [-0.39, 0.29) is 0 Å². The zero-order valence-corrected chi connectivity index (χ0v) is 19.1. The molecule has 0 bridgehead atoms. The fourth-order valence-corrected chi connectivity index (χ4v) is 5.31. The van der Waals surface area contributed by atoms with Crippen LogP contribution in [0.2, 0.25) is 0 Å². The van der Waals surface area contributed by atoms with Gasteiger partial charge >= 0.3 is 0 Å². The molecule has 3 aromatic heterocycles. The first-order valence-electron chi connectivity index (χ1n) is 11.5. The topological polar surface area (TPSA) is 62.1 Å². The van der Waals surface area contributed by atoms with Gasteiger partial charge < -0.3 is 15.1 Å². The normalized spacial score (nSPS) is 22.3. The highest BCUT2D eigenvalue weighted by atomic mass is 15.3. The van der Waals surface area contributed by atoms with E-state index >= 15 is 0 Å². The number of fused-ring (bicyclic) bond motifs is 1. The Morgan fingerprint density at radius 2 is 1.84 bits per heavy atom. The number of piperazine rings is 1. The number of anilines is 2. The third-order valence-electron chi connectivity index (χ3n) is 6.99. The molecule has 2 aliphatic heterocycles. The Hall–Kier alpha value is -2.67. The zero-order valence-electron chi connectivity index (χ0n) is 19.1. The number of pyridine rings is 2. The van der Waals surface area contributed by atoms with Gasteiger partial charge in [-0.3, -0.25) is 9.67 Å². The Labute approximate surface area is 184 Å². The molecule has 7 heteroatoms. The highest BCUT2D eigenvalue weighted by molar-refractivity contribution is 5.89. The molecule has 2 aliphatic rings. The Morgan fingerprint density at radius 3 is 2.58 bits per heavy atom. The van der Waals surface area contributed by atoms with Crippen molar-refractivity contribution in [2.24, 2.45) is 13.0 Å². The Kier molecular flexibility index (Phi) is 5.30. The Bertz CT molecular complexity index is 1080. The summed E-state index contributed by atoms with van der Waals surface area (Å²) in [6.45, 7) is 13.0. The second-order valence-corrected chi connectivity index (χ2v) is 9.24. The monoisotopic (exact) mass is 419 g/mol. The molecule has 164 valence electrons. The molecule has 1 N–H and O–H groups in total. The van der Waals surface area contributed by atoms with Crippen LogP contribution in [0, 0.1) is 19.8 Å². The first-order chi connectivity index (χ1) is 15.0. The van der Waals surface area contributed by atoms with Gasteiger partial charge in [-0.25, -0.2) is 4.98 Å². The van der Waals surface area contributed by atoms with Gasteiger partial charge in [-0.15, -0.1) is 0 Å². The molecule has 2 saturated heterocycles. The number of aromatic nitrogens is 4. The van der Waals surface area contributed by atoms with Crippen LogP contribution >= 0.6 is 0 Å². The molecular weight excluding hydrogens is 386 g/mol. The molecule has 3 aromatic rings. The number of rotatable bonds is 3. The van der Waals surface area contributed by atoms with Crippen LogP contribution in [-0.4, -0.2) is 59.0 Å². The van der Waals surface area contributed by atoms with Crippen molar-refractivity contribution in [1.29, 1.82) is 0 Å². The number of piperidine rings is 1. The number of aryl methyl sites for hydroxylation is 3. The van der Waals surface area contributed by atoms with Crippen molar-refractivity contribution < 1.29 is 0 Å². The van der Waals surface area contributed by atoms with Crippen LogP contribution in [0.4, 0.5) is 11.4 Å². The first-order valence-corrected chi connectivity index (χ1v) is 11.5. The zero-order chi connectivity index (χ0) is 21.5. The summed E-state index contributed by atoms with van der Waals surface area (Å²) < 4.78 is 1.87. The number of nitrogens with zero attached hydrogens (tertiary/aromatic N) is 6. The summed E-state index contributed by atoms with van der Waals surface area (Å²) in [7, 11) is 1.96. The lowest BCUT2D eigenvalue weighted by Crippen LogP contribution is -2.43. The van der Waals surface area contributed by atoms with E-state index < -0.39 is 0 Å². The molecule has 0 spiro atoms. The lowest BCUT2D eigenvalue weighted by atomic mass is 9.82. The summed E-state index contributed by atoms with van der Waals surface area (Å²) in [5.41, 5.74) is 7.14. The molecule has 0 aliphatic carbocycles. The summed E-state index contributed by atoms with van der Waals surface area (Å²) in [5, 5.41) is 9.01. The van der Waals surface area contributed by atoms with Gasteiger partial charge in [0.2, 0.25) is 0 Å². The first kappa shape index (κ1) is 20.2. The highest BCUT2D eigenvalue weighted by Crippen LogP contribution is 2.37. The van der Waals surface area contributed by atoms with Gasteiger partial charge in [0.25, 0.3) is 0 Å². The SMILES string of the molecule is Cc1cc(N2CCC(c3ncc(N4CCNCC4)cc3C)C(C)C2)c2cnn(C)c2n1. The molecule has 0 amide bonds. The predicted molar refractivity (Wildman–Crippen MR) is 126 cm³/mol. The number of hydrogen-bond acceptors (Lipinski definition) is 6. The molecular formula is C24H33N7. The van der Waals surface area contributed by atoms with Crippen LogP contribution in [-0.2, 0) is 7.05 Å². The van der Waals surface area contributed by atoms with Gasteiger partial charge in [-0.2, -0.15) is 5.10 Å². The summed E-state index contributed by atoms with van der Waals surface area (Å²) in [6.07, 6.45) is 5.16. The molecule has 7 nitrogen and oxygen atoms in total. The van der Waals surface area contributed by atoms with Gasteiger partial charge in [0.1, 0.15) is 0 Å². The molecule has 0 radical (unpaired) electrons. The van der Waals surface area contributed by atoms with E-state index in [0.29, 0.717) is 11.8 Å². The van der Waals surface area contributed by atoms with E-state index in [9.17, 15) is 0 Å². The van der Waals surface area contributed by atoms with Crippen LogP contribution in [0.5, 0.6) is 0 Å². The number of nitrogens with one attached hydrogen (secondary N) is 1. The van der Waals surface area contributed by atoms with E-state index in [4.69, 9.17) is 4.98 Å². The van der Waals surface area contributed by atoms with E-state index in [1.807, 2.05) is 17.9 Å². The van der Waals surface area contributed by atoms with Crippen molar-refractivity contribution in [3.63, 3.8) is 0 Å². The maximum absolute atomic E-state index is 4.99. The third kappa shape index (κ3) is 3.76. The van der Waals surface area contributed by atoms with Crippen LogP contribution in [0.25, 0.3) is 11.0 Å². The van der Waals surface area contributed by atoms with E-state index in [1.165, 1.54) is 22.6 Å². The third-order valence-corrected chi connectivity index (χ3v) is 6.99. The average molecular weight is 420 g/mol. The molecule has 5 rings (SSSR count). The Balaban J connectivity index is 1.36. The standard InChI is InChI=1S/C24H33N7/c1-16-11-19(30-9-6-25-7-10-30)13-26-23(16)20-5-8-31(15-17(20)2)22-12-18(3)28-24-21(22)14-27-29(24)4/h11-14,17,20,25H,5-10,15H2,1-4H3. The van der Waals surface area contributed by atoms with Gasteiger partial charge in [0, 0.05) is 63.6 Å². The fourth-order valence-electron chi connectivity index (χ4n) is 5.31. The second-order valence-electron chi connectivity index (χ2n) is 9.24. The molecule has 0 aromatic carbocycles. The second kappa shape index (κ2) is 8.11. The summed E-state index contributed by atoms with van der Waals surface area (Å²) in [5.74, 6) is 1.03. The van der Waals surface area contributed by atoms with Crippen LogP contribution in [0.1, 0.15) is 36.2 Å². The van der Waals surface area contributed by atoms with Crippen LogP contribution < -0.4 is 15.1 Å². The predicted octanol–water partition coefficient (Wildman–Crippen LogP) is 3.02. The Morgan fingerprint density at radius 1 is 1.03 bits per heavy atom. The van der Waals surface area contributed by atoms with Crippen molar-refractivity contribution in [1.82, 2.24) is 25.1 Å². The average Bonchev–Trinajstić information content (AvgIpc) is 3.14. The van der Waals surface area contributed by atoms with Crippen LogP contribution in [0.3, 0.4) is 0 Å². The molecule has 2 unspecified atom stereocenters. The smallest absolute Gasteiger partial charge is 0.159 e. The van der Waals surface area contributed by atoms with E-state index in [1.54, 1.807) is 0 Å². The highest BCUT2D eigenvalue weighted by Gasteiger charge is 2.30. The summed E-state index contributed by atoms with van der Waals surface area (Å²) >= 11 is 0. The van der Waals surface area contributed by atoms with Crippen molar-refractivity contribution in [2.75, 3.05) is 49.1 Å². The van der Waals surface area contributed by atoms with Crippen LogP contribution in [0.15, 0.2) is 24.5 Å². The fraction of sp³-hybridized carbons (Fsp3) is 0.542. The minimum atomic E-state index is 0.501. The lowest BCUT2D eigenvalue weighted by molar-refractivity contribution is 0.376. The summed E-state index contributed by atoms with van der Waals surface area (Å²) in [4.78, 5) is 14.6. The van der Waals surface area contributed by atoms with Crippen molar-refractivity contribution in [3.05, 3.63) is 41.5 Å². The minimum Gasteiger partial charge on any atom is -0.371 e. The van der Waals surface area contributed by atoms with Gasteiger partial charge in [0.05, 0.1) is 29.2 Å². The maximum Gasteiger partial charge on any atom is 0.159 e. The molecule has 5 heterocycles. The van der Waals surface area contributed by atoms with E-state index in [0.717, 1.165) is 62.4 Å². The number of hydrogen-bond donors (Lipinski definition) is 1.